The second-order valence-electron chi connectivity index (χ2n) is 17.3. The van der Waals surface area contributed by atoms with Crippen LogP contribution in [-0.4, -0.2) is 150 Å². The van der Waals surface area contributed by atoms with Crippen LogP contribution in [0.5, 0.6) is 0 Å². The number of imidazole rings is 1. The fraction of sp³-hybridized carbons (Fsp3) is 0.366. The summed E-state index contributed by atoms with van der Waals surface area (Å²) in [7, 11) is -10.7. The van der Waals surface area contributed by atoms with Gasteiger partial charge in [-0.25, -0.2) is 38.5 Å². The van der Waals surface area contributed by atoms with Crippen LogP contribution in [0, 0.1) is 13.8 Å². The molecule has 1 amide bonds. The van der Waals surface area contributed by atoms with Crippen LogP contribution in [0.25, 0.3) is 17.2 Å². The van der Waals surface area contributed by atoms with Crippen molar-refractivity contribution in [3.8, 4) is 0 Å². The molecule has 0 bridgehead atoms. The first-order valence-corrected chi connectivity index (χ1v) is 25.3. The largest absolute Gasteiger partial charge is 0.737 e. The summed E-state index contributed by atoms with van der Waals surface area (Å²) in [5.74, 6) is -1.49. The normalized spacial score (nSPS) is 25.3. The predicted octanol–water partition coefficient (Wildman–Crippen LogP) is 0.344. The van der Waals surface area contributed by atoms with Gasteiger partial charge in [-0.3, -0.25) is 22.7 Å². The summed E-state index contributed by atoms with van der Waals surface area (Å²) in [5, 5.41) is 25.5. The molecule has 4 aromatic heterocycles. The number of fused-ring (bicyclic) bond motifs is 3. The first kappa shape index (κ1) is 52.3. The monoisotopic (exact) mass is 1080 g/mol. The Morgan fingerprint density at radius 1 is 0.946 bits per heavy atom. The molecule has 4 aliphatic rings. The number of aliphatic hydroxyl groups excluding tert-OH is 2. The van der Waals surface area contributed by atoms with Crippen LogP contribution in [0.1, 0.15) is 35.0 Å². The van der Waals surface area contributed by atoms with Crippen LogP contribution >= 0.6 is 15.6 Å². The Balaban J connectivity index is 0.951. The summed E-state index contributed by atoms with van der Waals surface area (Å²) < 4.78 is 99.2. The highest BCUT2D eigenvalue weighted by molar-refractivity contribution is 7.47. The molecule has 0 aliphatic carbocycles. The van der Waals surface area contributed by atoms with Gasteiger partial charge in [-0.05, 0) is 42.8 Å². The number of allylic oxidation sites excluding steroid dienone is 1. The lowest BCUT2D eigenvalue weighted by Crippen LogP contribution is -2.51. The number of rotatable bonds is 17. The van der Waals surface area contributed by atoms with Gasteiger partial charge >= 0.3 is 40.4 Å². The number of nitrogens with one attached hydrogen (secondary N) is 1. The van der Waals surface area contributed by atoms with Gasteiger partial charge in [-0.15, -0.1) is 0 Å². The number of ether oxygens (including phenoxy) is 4. The van der Waals surface area contributed by atoms with Crippen molar-refractivity contribution in [2.24, 2.45) is 0 Å². The molecule has 9 rings (SSSR count). The third-order valence-electron chi connectivity index (χ3n) is 12.3. The summed E-state index contributed by atoms with van der Waals surface area (Å²) in [6.07, 6.45) is -8.30. The first-order valence-electron chi connectivity index (χ1n) is 22.2. The predicted molar refractivity (Wildman–Crippen MR) is 249 cm³/mol. The number of halogens is 2. The second-order valence-corrected chi connectivity index (χ2v) is 19.9. The first-order chi connectivity index (χ1) is 35.0. The van der Waals surface area contributed by atoms with E-state index in [0.717, 1.165) is 38.4 Å². The molecular weight excluding hydrogens is 1030 g/mol. The van der Waals surface area contributed by atoms with Crippen molar-refractivity contribution in [3.63, 3.8) is 0 Å². The van der Waals surface area contributed by atoms with Crippen molar-refractivity contribution in [1.29, 1.82) is 0 Å². The average Bonchev–Trinajstić information content (AvgIpc) is 4.15. The van der Waals surface area contributed by atoms with Crippen molar-refractivity contribution in [3.05, 3.63) is 112 Å². The van der Waals surface area contributed by atoms with Gasteiger partial charge in [-0.1, -0.05) is 30.3 Å². The number of phosphoric acid groups is 2. The number of benzene rings is 1. The molecule has 4 aliphatic heterocycles. The maximum absolute atomic E-state index is 16.1. The van der Waals surface area contributed by atoms with Gasteiger partial charge in [0.15, 0.2) is 48.0 Å². The Morgan fingerprint density at radius 3 is 2.35 bits per heavy atom. The number of esters is 1. The lowest BCUT2D eigenvalue weighted by molar-refractivity contribution is -0.363. The average molecular weight is 1080 g/mol. The summed E-state index contributed by atoms with van der Waals surface area (Å²) in [4.78, 5) is 86.1. The van der Waals surface area contributed by atoms with Crippen LogP contribution in [0.3, 0.4) is 0 Å². The Kier molecular flexibility index (Phi) is 14.3. The van der Waals surface area contributed by atoms with E-state index in [1.165, 1.54) is 16.7 Å². The van der Waals surface area contributed by atoms with Crippen LogP contribution in [-0.2, 0) is 52.9 Å². The molecule has 8 heterocycles. The molecule has 0 saturated carbocycles. The lowest BCUT2D eigenvalue weighted by atomic mass is 9.90. The number of aryl methyl sites for hydroxylation is 2. The molecule has 2 saturated heterocycles. The number of carbonyl (C=O) groups excluding carboxylic acids is 2. The number of nitrogens with two attached hydrogens (primary N) is 2. The van der Waals surface area contributed by atoms with E-state index in [1.54, 1.807) is 56.3 Å². The summed E-state index contributed by atoms with van der Waals surface area (Å²) in [6.45, 7) is -3.93. The van der Waals surface area contributed by atoms with Crippen LogP contribution in [0.2, 0.25) is 0 Å². The van der Waals surface area contributed by atoms with E-state index in [-0.39, 0.29) is 40.6 Å². The highest BCUT2D eigenvalue weighted by atomic mass is 31.2. The topological polar surface area (TPSA) is 385 Å². The van der Waals surface area contributed by atoms with Crippen LogP contribution in [0.4, 0.5) is 25.1 Å². The Morgan fingerprint density at radius 2 is 1.64 bits per heavy atom. The molecule has 394 valence electrons. The van der Waals surface area contributed by atoms with E-state index in [0.29, 0.717) is 22.5 Å². The molecule has 10 atom stereocenters. The fourth-order valence-corrected chi connectivity index (χ4v) is 10.3. The minimum atomic E-state index is -5.52. The quantitative estimate of drug-likeness (QED) is 0.0354. The highest BCUT2D eigenvalue weighted by Crippen LogP contribution is 2.50. The maximum Gasteiger partial charge on any atom is 0.737 e. The molecule has 5 aromatic rings. The molecular formula is C41H46BF2N11O17P2. The minimum Gasteiger partial charge on any atom is -0.455 e. The van der Waals surface area contributed by atoms with E-state index in [1.807, 2.05) is 0 Å². The van der Waals surface area contributed by atoms with Crippen LogP contribution < -0.4 is 22.5 Å². The number of nitrogens with zero attached hydrogens (tertiary/aromatic N) is 8. The fourth-order valence-electron chi connectivity index (χ4n) is 9.03. The van der Waals surface area contributed by atoms with Gasteiger partial charge in [0.25, 0.3) is 0 Å². The molecule has 1 unspecified atom stereocenters. The number of aromatic nitrogens is 7. The van der Waals surface area contributed by atoms with Gasteiger partial charge in [0, 0.05) is 36.5 Å². The number of amides is 1. The molecule has 1 aromatic carbocycles. The molecule has 0 spiro atoms. The molecule has 28 nitrogen and oxygen atoms in total. The van der Waals surface area contributed by atoms with Crippen LogP contribution in [0.15, 0.2) is 84.0 Å². The number of carbonyl (C=O) groups is 2. The van der Waals surface area contributed by atoms with Crippen molar-refractivity contribution < 1.29 is 89.2 Å². The highest BCUT2D eigenvalue weighted by Gasteiger charge is 2.54. The number of alkyl carbamates (subject to hydrolysis) is 1. The number of nitrogen functional groups attached to an aromatic ring is 2. The number of anilines is 2. The third kappa shape index (κ3) is 10.5. The number of hydrogen-bond acceptors (Lipinski definition) is 20. The van der Waals surface area contributed by atoms with Crippen molar-refractivity contribution in [2.75, 3.05) is 31.3 Å². The van der Waals surface area contributed by atoms with Gasteiger partial charge in [-0.2, -0.15) is 4.98 Å². The second kappa shape index (κ2) is 20.3. The van der Waals surface area contributed by atoms with Crippen molar-refractivity contribution in [1.82, 2.24) is 38.9 Å². The molecule has 2 fully saturated rings. The standard InChI is InChI=1S/C41H46BF2N11O17P2/c1-20-12-21(2)54-26(20)14-23-8-9-24(55(23)42(54,43)44)15-66-41(60)50-25(13-22-6-4-3-5-7-22)39(58)71-33-27(69-38(31(33)56)53-19-49-30-35(46)47-18-48-36(30)53)17-68-74(64,65)72-34-28(16-67-73(61,62)63)70-37(32(34)57)52-11-10-29(45)51-40(52)59/h3-12,14,18-19,25,27-28,31-34,37-38,56-57H,13,15-17H2,1-2H3,(H,50,60)(H,64,65)(H2,45,51,59)(H2,46,47,48)(H2,61,62,63)/t25-,27+,28+,31+,32+,33+,34+,37+,38+/m0/s1. The molecule has 74 heavy (non-hydrogen) atoms. The Hall–Kier alpha value is -6.60. The smallest absolute Gasteiger partial charge is 0.455 e. The zero-order chi connectivity index (χ0) is 53.0. The van der Waals surface area contributed by atoms with Crippen molar-refractivity contribution >= 4 is 69.3 Å². The van der Waals surface area contributed by atoms with E-state index < -0.39 is 115 Å². The summed E-state index contributed by atoms with van der Waals surface area (Å²) >= 11 is 0. The number of hydrogen-bond donors (Lipinski definition) is 8. The Labute approximate surface area is 415 Å². The van der Waals surface area contributed by atoms with Gasteiger partial charge < -0.3 is 78.2 Å². The SMILES string of the molecule is Cc1cc(C)n2c1C=C1C=CC(COC(=O)N[C@@H](Cc3ccccc3)C(=O)O[C@H]3[C@@H](O)[C@H](n4cnc5c(N)ncnc54)O[C@@H]3COP(=O)(O)O[C@H]3[C@@H](O)[C@H](n4ccc(N)nc4=O)O[C@@H]3COP(=O)(O)O)=[N+]1[B-]2(F)F. The van der Waals surface area contributed by atoms with E-state index in [4.69, 9.17) is 39.5 Å². The van der Waals surface area contributed by atoms with Crippen molar-refractivity contribution in [2.45, 2.75) is 75.4 Å². The Bertz CT molecular complexity index is 3260. The molecule has 0 radical (unpaired) electrons. The van der Waals surface area contributed by atoms with E-state index >= 15 is 8.63 Å². The number of aliphatic hydroxyl groups is 2. The van der Waals surface area contributed by atoms with Gasteiger partial charge in [0.1, 0.15) is 54.2 Å². The minimum absolute atomic E-state index is 0.0274. The summed E-state index contributed by atoms with van der Waals surface area (Å²) in [6, 6.07) is 9.41. The molecule has 10 N–H and O–H groups in total. The zero-order valence-corrected chi connectivity index (χ0v) is 40.4. The van der Waals surface area contributed by atoms with E-state index in [9.17, 15) is 48.4 Å². The lowest BCUT2D eigenvalue weighted by Gasteiger charge is -2.30. The third-order valence-corrected chi connectivity index (χ3v) is 13.8. The van der Waals surface area contributed by atoms with Gasteiger partial charge in [0.05, 0.1) is 19.5 Å². The summed E-state index contributed by atoms with van der Waals surface area (Å²) in [5.41, 5.74) is 12.5. The van der Waals surface area contributed by atoms with Gasteiger partial charge in [0.2, 0.25) is 0 Å². The zero-order valence-electron chi connectivity index (χ0n) is 38.6. The molecule has 33 heteroatoms. The number of phosphoric ester groups is 2. The van der Waals surface area contributed by atoms with E-state index in [2.05, 4.69) is 29.8 Å². The maximum atomic E-state index is 16.1.